The molecule has 0 aliphatic carbocycles. The minimum atomic E-state index is 0.751. The fourth-order valence-electron chi connectivity index (χ4n) is 2.92. The lowest BCUT2D eigenvalue weighted by atomic mass is 10.1. The Bertz CT molecular complexity index is 621. The highest BCUT2D eigenvalue weighted by Gasteiger charge is 2.24. The molecule has 1 aliphatic heterocycles. The van der Waals surface area contributed by atoms with Crippen LogP contribution in [0, 0.1) is 17.2 Å². The van der Waals surface area contributed by atoms with Crippen LogP contribution < -0.4 is 4.90 Å². The predicted octanol–water partition coefficient (Wildman–Crippen LogP) is 3.79. The fraction of sp³-hybridized carbons (Fsp3) is 0.353. The maximum absolute atomic E-state index is 9.37. The number of benzene rings is 1. The molecular weight excluding hydrogens is 246 g/mol. The van der Waals surface area contributed by atoms with E-state index in [0.717, 1.165) is 41.6 Å². The molecule has 0 spiro atoms. The topological polar surface area (TPSA) is 42.8 Å². The summed E-state index contributed by atoms with van der Waals surface area (Å²) in [7, 11) is 0. The van der Waals surface area contributed by atoms with E-state index in [4.69, 9.17) is 0 Å². The van der Waals surface area contributed by atoms with Crippen LogP contribution in [-0.2, 0) is 0 Å². The van der Waals surface area contributed by atoms with Crippen LogP contribution in [0.3, 0.4) is 0 Å². The molecule has 1 atom stereocenters. The van der Waals surface area contributed by atoms with Gasteiger partial charge in [-0.15, -0.1) is 0 Å². The molecule has 3 heteroatoms. The van der Waals surface area contributed by atoms with E-state index < -0.39 is 0 Å². The van der Waals surface area contributed by atoms with Gasteiger partial charge in [0, 0.05) is 18.8 Å². The van der Waals surface area contributed by atoms with E-state index in [9.17, 15) is 5.26 Å². The quantitative estimate of drug-likeness (QED) is 0.917. The Balaban J connectivity index is 1.93. The Morgan fingerprint density at radius 1 is 1.35 bits per heavy atom. The number of nitriles is 1. The summed E-state index contributed by atoms with van der Waals surface area (Å²) in [5.74, 6) is 1.74. The number of hydrogen-bond donors (Lipinski definition) is 1. The largest absolute Gasteiger partial charge is 0.357 e. The first-order valence-corrected chi connectivity index (χ1v) is 7.25. The highest BCUT2D eigenvalue weighted by molar-refractivity contribution is 5.69. The standard InChI is InChI=1S/C17H19N3/c1-2-13-8-9-20(12-13)17-15(11-18)10-16(19-17)14-6-4-3-5-7-14/h3-7,10,13,19H,2,8-9,12H2,1H3. The van der Waals surface area contributed by atoms with Gasteiger partial charge in [0.05, 0.1) is 5.56 Å². The molecule has 0 radical (unpaired) electrons. The summed E-state index contributed by atoms with van der Waals surface area (Å²) in [6.45, 7) is 4.34. The number of rotatable bonds is 3. The van der Waals surface area contributed by atoms with Gasteiger partial charge in [0.2, 0.25) is 0 Å². The minimum absolute atomic E-state index is 0.751. The van der Waals surface area contributed by atoms with Crippen LogP contribution >= 0.6 is 0 Å². The number of nitrogens with zero attached hydrogens (tertiary/aromatic N) is 2. The van der Waals surface area contributed by atoms with Crippen LogP contribution in [-0.4, -0.2) is 18.1 Å². The molecular formula is C17H19N3. The Morgan fingerprint density at radius 3 is 2.80 bits per heavy atom. The molecule has 2 heterocycles. The summed E-state index contributed by atoms with van der Waals surface area (Å²) >= 11 is 0. The molecule has 1 N–H and O–H groups in total. The molecule has 1 fully saturated rings. The maximum atomic E-state index is 9.37. The second-order valence-corrected chi connectivity index (χ2v) is 5.43. The van der Waals surface area contributed by atoms with Crippen molar-refractivity contribution in [2.75, 3.05) is 18.0 Å². The summed E-state index contributed by atoms with van der Waals surface area (Å²) in [5, 5.41) is 9.37. The summed E-state index contributed by atoms with van der Waals surface area (Å²) < 4.78 is 0. The highest BCUT2D eigenvalue weighted by atomic mass is 15.2. The fourth-order valence-corrected chi connectivity index (χ4v) is 2.92. The van der Waals surface area contributed by atoms with Gasteiger partial charge >= 0.3 is 0 Å². The van der Waals surface area contributed by atoms with Gasteiger partial charge in [-0.3, -0.25) is 0 Å². The zero-order valence-electron chi connectivity index (χ0n) is 11.8. The van der Waals surface area contributed by atoms with Gasteiger partial charge in [-0.2, -0.15) is 5.26 Å². The summed E-state index contributed by atoms with van der Waals surface area (Å²) in [6.07, 6.45) is 2.44. The number of H-pyrrole nitrogens is 1. The number of anilines is 1. The van der Waals surface area contributed by atoms with Gasteiger partial charge in [0.1, 0.15) is 11.9 Å². The third-order valence-corrected chi connectivity index (χ3v) is 4.18. The molecule has 1 aromatic heterocycles. The number of hydrogen-bond acceptors (Lipinski definition) is 2. The normalized spacial score (nSPS) is 18.2. The molecule has 1 aliphatic rings. The third kappa shape index (κ3) is 2.30. The minimum Gasteiger partial charge on any atom is -0.357 e. The van der Waals surface area contributed by atoms with E-state index in [1.165, 1.54) is 12.8 Å². The monoisotopic (exact) mass is 265 g/mol. The molecule has 1 saturated heterocycles. The zero-order valence-corrected chi connectivity index (χ0v) is 11.8. The smallest absolute Gasteiger partial charge is 0.124 e. The van der Waals surface area contributed by atoms with Crippen molar-refractivity contribution in [2.24, 2.45) is 5.92 Å². The SMILES string of the molecule is CCC1CCN(c2[nH]c(-c3ccccc3)cc2C#N)C1. The lowest BCUT2D eigenvalue weighted by molar-refractivity contribution is 0.569. The molecule has 1 unspecified atom stereocenters. The van der Waals surface area contributed by atoms with Crippen LogP contribution in [0.5, 0.6) is 0 Å². The first-order valence-electron chi connectivity index (χ1n) is 7.25. The Hall–Kier alpha value is -2.21. The average molecular weight is 265 g/mol. The van der Waals surface area contributed by atoms with Gasteiger partial charge in [-0.05, 0) is 24.0 Å². The van der Waals surface area contributed by atoms with Gasteiger partial charge in [-0.1, -0.05) is 43.7 Å². The van der Waals surface area contributed by atoms with Crippen molar-refractivity contribution in [3.05, 3.63) is 42.0 Å². The van der Waals surface area contributed by atoms with Crippen LogP contribution in [0.1, 0.15) is 25.3 Å². The molecule has 0 saturated carbocycles. The highest BCUT2D eigenvalue weighted by Crippen LogP contribution is 2.31. The average Bonchev–Trinajstić information content (AvgIpc) is 3.14. The van der Waals surface area contributed by atoms with Gasteiger partial charge in [-0.25, -0.2) is 0 Å². The van der Waals surface area contributed by atoms with Crippen molar-refractivity contribution < 1.29 is 0 Å². The van der Waals surface area contributed by atoms with E-state index in [1.54, 1.807) is 0 Å². The van der Waals surface area contributed by atoms with Gasteiger partial charge in [0.25, 0.3) is 0 Å². The second kappa shape index (κ2) is 5.42. The van der Waals surface area contributed by atoms with Crippen LogP contribution in [0.25, 0.3) is 11.3 Å². The van der Waals surface area contributed by atoms with Crippen molar-refractivity contribution in [1.29, 1.82) is 5.26 Å². The van der Waals surface area contributed by atoms with Crippen molar-refractivity contribution in [3.8, 4) is 17.3 Å². The van der Waals surface area contributed by atoms with Crippen molar-refractivity contribution >= 4 is 5.82 Å². The number of aromatic amines is 1. The molecule has 0 amide bonds. The summed E-state index contributed by atoms with van der Waals surface area (Å²) in [4.78, 5) is 5.76. The lowest BCUT2D eigenvalue weighted by Crippen LogP contribution is -2.20. The van der Waals surface area contributed by atoms with Crippen LogP contribution in [0.4, 0.5) is 5.82 Å². The molecule has 2 aromatic rings. The molecule has 0 bridgehead atoms. The molecule has 102 valence electrons. The van der Waals surface area contributed by atoms with E-state index in [-0.39, 0.29) is 0 Å². The lowest BCUT2D eigenvalue weighted by Gasteiger charge is -2.17. The van der Waals surface area contributed by atoms with Crippen molar-refractivity contribution in [1.82, 2.24) is 4.98 Å². The Kier molecular flexibility index (Phi) is 3.47. The maximum Gasteiger partial charge on any atom is 0.124 e. The third-order valence-electron chi connectivity index (χ3n) is 4.18. The molecule has 20 heavy (non-hydrogen) atoms. The van der Waals surface area contributed by atoms with Gasteiger partial charge in [0.15, 0.2) is 0 Å². The predicted molar refractivity (Wildman–Crippen MR) is 81.6 cm³/mol. The van der Waals surface area contributed by atoms with Crippen LogP contribution in [0.2, 0.25) is 0 Å². The number of nitrogens with one attached hydrogen (secondary N) is 1. The zero-order chi connectivity index (χ0) is 13.9. The molecule has 1 aromatic carbocycles. The Morgan fingerprint density at radius 2 is 2.15 bits per heavy atom. The molecule has 3 nitrogen and oxygen atoms in total. The number of aromatic nitrogens is 1. The van der Waals surface area contributed by atoms with Crippen molar-refractivity contribution in [3.63, 3.8) is 0 Å². The van der Waals surface area contributed by atoms with Crippen LogP contribution in [0.15, 0.2) is 36.4 Å². The first kappa shape index (κ1) is 12.8. The van der Waals surface area contributed by atoms with E-state index >= 15 is 0 Å². The van der Waals surface area contributed by atoms with E-state index in [0.29, 0.717) is 0 Å². The summed E-state index contributed by atoms with van der Waals surface area (Å²) in [6, 6.07) is 14.5. The second-order valence-electron chi connectivity index (χ2n) is 5.43. The van der Waals surface area contributed by atoms with E-state index in [2.05, 4.69) is 35.0 Å². The van der Waals surface area contributed by atoms with E-state index in [1.807, 2.05) is 24.3 Å². The Labute approximate surface area is 119 Å². The molecule has 3 rings (SSSR count). The van der Waals surface area contributed by atoms with Crippen molar-refractivity contribution in [2.45, 2.75) is 19.8 Å². The van der Waals surface area contributed by atoms with Gasteiger partial charge < -0.3 is 9.88 Å². The first-order chi connectivity index (χ1) is 9.81. The summed E-state index contributed by atoms with van der Waals surface area (Å²) in [5.41, 5.74) is 2.90.